The molecule has 0 aliphatic carbocycles. The monoisotopic (exact) mass is 403 g/mol. The Labute approximate surface area is 166 Å². The maximum absolute atomic E-state index is 11.9. The summed E-state index contributed by atoms with van der Waals surface area (Å²) in [6.45, 7) is 0.153. The number of ether oxygens (including phenoxy) is 2. The number of carbonyl (C=O) groups excluding carboxylic acids is 1. The zero-order valence-corrected chi connectivity index (χ0v) is 16.0. The third-order valence-corrected chi connectivity index (χ3v) is 4.17. The zero-order valence-electron chi connectivity index (χ0n) is 15.2. The van der Waals surface area contributed by atoms with Crippen LogP contribution >= 0.6 is 11.6 Å². The summed E-state index contributed by atoms with van der Waals surface area (Å²) in [5.41, 5.74) is 1.88. The topological polar surface area (TPSA) is 86.0 Å². The van der Waals surface area contributed by atoms with Gasteiger partial charge in [0, 0.05) is 17.8 Å². The molecule has 0 fully saturated rings. The van der Waals surface area contributed by atoms with Crippen molar-refractivity contribution in [2.45, 2.75) is 6.61 Å². The van der Waals surface area contributed by atoms with Crippen LogP contribution in [-0.2, 0) is 16.2 Å². The number of benzene rings is 2. The van der Waals surface area contributed by atoms with Crippen molar-refractivity contribution < 1.29 is 24.2 Å². The summed E-state index contributed by atoms with van der Waals surface area (Å²) in [4.78, 5) is 17.0. The predicted octanol–water partition coefficient (Wildman–Crippen LogP) is 3.94. The molecule has 1 aromatic heterocycles. The molecular formula is C19H18ClN3O5. The summed E-state index contributed by atoms with van der Waals surface area (Å²) in [5.74, 6) is 0.375. The van der Waals surface area contributed by atoms with Crippen LogP contribution in [0.1, 0.15) is 5.56 Å². The minimum Gasteiger partial charge on any atom is -0.506 e. The van der Waals surface area contributed by atoms with Crippen molar-refractivity contribution in [1.29, 1.82) is 0 Å². The number of hydrogen-bond donors (Lipinski definition) is 1. The molecule has 0 atom stereocenters. The molecule has 2 aromatic carbocycles. The lowest BCUT2D eigenvalue weighted by Crippen LogP contribution is -2.30. The van der Waals surface area contributed by atoms with E-state index in [0.717, 1.165) is 5.06 Å². The first-order valence-corrected chi connectivity index (χ1v) is 8.58. The fourth-order valence-corrected chi connectivity index (χ4v) is 2.68. The molecule has 0 radical (unpaired) electrons. The molecule has 0 spiro atoms. The molecule has 0 aliphatic heterocycles. The number of phenols is 1. The highest BCUT2D eigenvalue weighted by Crippen LogP contribution is 2.26. The van der Waals surface area contributed by atoms with Gasteiger partial charge in [-0.2, -0.15) is 5.06 Å². The average Bonchev–Trinajstić information content (AvgIpc) is 3.18. The summed E-state index contributed by atoms with van der Waals surface area (Å²) in [6, 6.07) is 13.6. The van der Waals surface area contributed by atoms with E-state index in [1.807, 2.05) is 6.07 Å². The van der Waals surface area contributed by atoms with Crippen molar-refractivity contribution in [2.24, 2.45) is 0 Å². The molecular weight excluding hydrogens is 386 g/mol. The summed E-state index contributed by atoms with van der Waals surface area (Å²) in [5, 5.41) is 15.1. The number of amides is 1. The van der Waals surface area contributed by atoms with Gasteiger partial charge in [0.25, 0.3) is 0 Å². The lowest BCUT2D eigenvalue weighted by atomic mass is 10.2. The fourth-order valence-electron chi connectivity index (χ4n) is 2.50. The molecule has 1 amide bonds. The smallest absolute Gasteiger partial charge is 0.438 e. The molecule has 0 bridgehead atoms. The fraction of sp³-hybridized carbons (Fsp3) is 0.158. The van der Waals surface area contributed by atoms with Gasteiger partial charge in [-0.1, -0.05) is 29.8 Å². The molecule has 9 heteroatoms. The highest BCUT2D eigenvalue weighted by atomic mass is 35.5. The number of methoxy groups -OCH3 is 1. The Morgan fingerprint density at radius 3 is 2.71 bits per heavy atom. The third kappa shape index (κ3) is 4.19. The van der Waals surface area contributed by atoms with Gasteiger partial charge in [0.1, 0.15) is 12.4 Å². The number of phenolic OH excluding ortho intramolecular Hbond substituents is 1. The standard InChI is InChI=1S/C19H18ClN3O5/c1-26-19(25)23(27-2)16-6-4-3-5-13(16)12-28-18-9-10-22(21-18)14-7-8-17(24)15(20)11-14/h3-11,24H,12H2,1-2H3. The Morgan fingerprint density at radius 2 is 2.00 bits per heavy atom. The molecule has 28 heavy (non-hydrogen) atoms. The Bertz CT molecular complexity index is 976. The van der Waals surface area contributed by atoms with Crippen LogP contribution < -0.4 is 9.80 Å². The summed E-state index contributed by atoms with van der Waals surface area (Å²) in [6.07, 6.45) is 1.06. The van der Waals surface area contributed by atoms with Crippen LogP contribution in [0.3, 0.4) is 0 Å². The van der Waals surface area contributed by atoms with E-state index in [0.29, 0.717) is 22.8 Å². The van der Waals surface area contributed by atoms with E-state index in [4.69, 9.17) is 25.9 Å². The number of hydroxylamine groups is 1. The Balaban J connectivity index is 1.76. The van der Waals surface area contributed by atoms with Crippen LogP contribution in [0.5, 0.6) is 11.6 Å². The number of rotatable bonds is 6. The molecule has 1 N–H and O–H groups in total. The van der Waals surface area contributed by atoms with Gasteiger partial charge in [-0.15, -0.1) is 5.10 Å². The van der Waals surface area contributed by atoms with Crippen molar-refractivity contribution >= 4 is 23.4 Å². The second-order valence-corrected chi connectivity index (χ2v) is 6.01. The van der Waals surface area contributed by atoms with Crippen LogP contribution in [0, 0.1) is 0 Å². The minimum absolute atomic E-state index is 0.000966. The largest absolute Gasteiger partial charge is 0.506 e. The molecule has 0 unspecified atom stereocenters. The number of para-hydroxylation sites is 1. The summed E-state index contributed by atoms with van der Waals surface area (Å²) in [7, 11) is 2.65. The van der Waals surface area contributed by atoms with Crippen LogP contribution in [0.4, 0.5) is 10.5 Å². The number of hydrogen-bond acceptors (Lipinski definition) is 6. The van der Waals surface area contributed by atoms with Crippen LogP contribution in [-0.4, -0.2) is 35.2 Å². The molecule has 0 saturated carbocycles. The molecule has 3 aromatic rings. The lowest BCUT2D eigenvalue weighted by molar-refractivity contribution is 0.115. The second-order valence-electron chi connectivity index (χ2n) is 5.60. The van der Waals surface area contributed by atoms with Crippen molar-refractivity contribution in [1.82, 2.24) is 9.78 Å². The number of aromatic hydroxyl groups is 1. The van der Waals surface area contributed by atoms with Crippen molar-refractivity contribution in [3.05, 3.63) is 65.3 Å². The number of nitrogens with zero attached hydrogens (tertiary/aromatic N) is 3. The molecule has 3 rings (SSSR count). The Morgan fingerprint density at radius 1 is 1.21 bits per heavy atom. The average molecular weight is 404 g/mol. The highest BCUT2D eigenvalue weighted by Gasteiger charge is 2.19. The van der Waals surface area contributed by atoms with Gasteiger partial charge in [-0.05, 0) is 24.3 Å². The zero-order chi connectivity index (χ0) is 20.1. The van der Waals surface area contributed by atoms with Gasteiger partial charge >= 0.3 is 6.09 Å². The van der Waals surface area contributed by atoms with Gasteiger partial charge in [0.2, 0.25) is 5.88 Å². The molecule has 8 nitrogen and oxygen atoms in total. The van der Waals surface area contributed by atoms with Crippen molar-refractivity contribution in [3.63, 3.8) is 0 Å². The van der Waals surface area contributed by atoms with E-state index in [-0.39, 0.29) is 17.4 Å². The third-order valence-electron chi connectivity index (χ3n) is 3.87. The van der Waals surface area contributed by atoms with Gasteiger partial charge in [0.05, 0.1) is 30.6 Å². The molecule has 146 valence electrons. The molecule has 1 heterocycles. The lowest BCUT2D eigenvalue weighted by Gasteiger charge is -2.20. The van der Waals surface area contributed by atoms with Gasteiger partial charge in [-0.3, -0.25) is 4.84 Å². The quantitative estimate of drug-likeness (QED) is 0.627. The maximum Gasteiger partial charge on any atom is 0.438 e. The van der Waals surface area contributed by atoms with E-state index in [9.17, 15) is 9.90 Å². The molecule has 0 aliphatic rings. The van der Waals surface area contributed by atoms with Crippen molar-refractivity contribution in [2.75, 3.05) is 19.3 Å². The van der Waals surface area contributed by atoms with Crippen LogP contribution in [0.25, 0.3) is 5.69 Å². The molecule has 0 saturated heterocycles. The Kier molecular flexibility index (Phi) is 6.03. The van der Waals surface area contributed by atoms with E-state index < -0.39 is 6.09 Å². The maximum atomic E-state index is 11.9. The Hall–Kier alpha value is -3.23. The van der Waals surface area contributed by atoms with Gasteiger partial charge in [-0.25, -0.2) is 9.48 Å². The number of anilines is 1. The van der Waals surface area contributed by atoms with E-state index >= 15 is 0 Å². The predicted molar refractivity (Wildman–Crippen MR) is 103 cm³/mol. The first kappa shape index (κ1) is 19.5. The highest BCUT2D eigenvalue weighted by molar-refractivity contribution is 6.32. The van der Waals surface area contributed by atoms with E-state index in [1.165, 1.54) is 20.3 Å². The first-order valence-electron chi connectivity index (χ1n) is 8.21. The SMILES string of the molecule is COC(=O)N(OC)c1ccccc1COc1ccn(-c2ccc(O)c(Cl)c2)n1. The number of carbonyl (C=O) groups is 1. The van der Waals surface area contributed by atoms with Gasteiger partial charge in [0.15, 0.2) is 0 Å². The second kappa shape index (κ2) is 8.64. The van der Waals surface area contributed by atoms with Crippen LogP contribution in [0.15, 0.2) is 54.7 Å². The first-order chi connectivity index (χ1) is 13.5. The summed E-state index contributed by atoms with van der Waals surface area (Å²) >= 11 is 5.93. The van der Waals surface area contributed by atoms with Crippen LogP contribution in [0.2, 0.25) is 5.02 Å². The number of aromatic nitrogens is 2. The number of halogens is 1. The normalized spacial score (nSPS) is 10.5. The van der Waals surface area contributed by atoms with E-state index in [1.54, 1.807) is 47.3 Å². The minimum atomic E-state index is -0.650. The summed E-state index contributed by atoms with van der Waals surface area (Å²) < 4.78 is 12.0. The van der Waals surface area contributed by atoms with E-state index in [2.05, 4.69) is 5.10 Å². The van der Waals surface area contributed by atoms with Gasteiger partial charge < -0.3 is 14.6 Å². The van der Waals surface area contributed by atoms with Crippen molar-refractivity contribution in [3.8, 4) is 17.3 Å².